The van der Waals surface area contributed by atoms with Crippen molar-refractivity contribution >= 4 is 5.91 Å². The van der Waals surface area contributed by atoms with Gasteiger partial charge in [-0.2, -0.15) is 0 Å². The third kappa shape index (κ3) is 3.81. The molecule has 0 spiro atoms. The molecule has 0 aromatic heterocycles. The first-order valence-electron chi connectivity index (χ1n) is 7.50. The molecule has 1 saturated heterocycles. The predicted molar refractivity (Wildman–Crippen MR) is 85.6 cm³/mol. The minimum Gasteiger partial charge on any atom is -0.497 e. The molecule has 2 aromatic carbocycles. The zero-order valence-electron chi connectivity index (χ0n) is 12.9. The van der Waals surface area contributed by atoms with Gasteiger partial charge in [0.15, 0.2) is 6.10 Å². The summed E-state index contributed by atoms with van der Waals surface area (Å²) in [6.07, 6.45) is -0.565. The number of ether oxygens (including phenoxy) is 3. The molecule has 1 fully saturated rings. The van der Waals surface area contributed by atoms with E-state index < -0.39 is 0 Å². The van der Waals surface area contributed by atoms with E-state index in [0.717, 1.165) is 11.3 Å². The maximum Gasteiger partial charge on any atom is 0.246 e. The van der Waals surface area contributed by atoms with Gasteiger partial charge in [0.1, 0.15) is 24.2 Å². The van der Waals surface area contributed by atoms with Crippen molar-refractivity contribution in [2.75, 3.05) is 20.3 Å². The summed E-state index contributed by atoms with van der Waals surface area (Å²) in [7, 11) is 1.62. The van der Waals surface area contributed by atoms with Crippen LogP contribution in [0.5, 0.6) is 11.5 Å². The van der Waals surface area contributed by atoms with E-state index >= 15 is 0 Å². The lowest BCUT2D eigenvalue weighted by Gasteiger charge is -2.31. The quantitative estimate of drug-likeness (QED) is 0.920. The van der Waals surface area contributed by atoms with E-state index in [2.05, 4.69) is 5.32 Å². The molecule has 0 unspecified atom stereocenters. The second kappa shape index (κ2) is 7.15. The number of hydrogen-bond acceptors (Lipinski definition) is 4. The van der Waals surface area contributed by atoms with Crippen molar-refractivity contribution in [1.29, 1.82) is 0 Å². The van der Waals surface area contributed by atoms with Gasteiger partial charge in [-0.25, -0.2) is 0 Å². The van der Waals surface area contributed by atoms with Crippen LogP contribution in [0.15, 0.2) is 54.6 Å². The fraction of sp³-hybridized carbons (Fsp3) is 0.278. The van der Waals surface area contributed by atoms with Crippen LogP contribution >= 0.6 is 0 Å². The summed E-state index contributed by atoms with van der Waals surface area (Å²) in [5.74, 6) is 1.32. The fourth-order valence-electron chi connectivity index (χ4n) is 2.52. The number of amides is 1. The van der Waals surface area contributed by atoms with Crippen LogP contribution in [0.4, 0.5) is 0 Å². The summed E-state index contributed by atoms with van der Waals surface area (Å²) in [5, 5.41) is 2.82. The van der Waals surface area contributed by atoms with Gasteiger partial charge in [0.25, 0.3) is 0 Å². The first-order valence-corrected chi connectivity index (χ1v) is 7.50. The fourth-order valence-corrected chi connectivity index (χ4v) is 2.52. The normalized spacial score (nSPS) is 18.8. The maximum atomic E-state index is 11.3. The number of carbonyl (C=O) groups is 1. The molecule has 0 radical (unpaired) electrons. The lowest BCUT2D eigenvalue weighted by atomic mass is 10.0. The van der Waals surface area contributed by atoms with E-state index in [9.17, 15) is 4.79 Å². The second-order valence-corrected chi connectivity index (χ2v) is 5.28. The summed E-state index contributed by atoms with van der Waals surface area (Å²) >= 11 is 0. The molecule has 1 heterocycles. The molecule has 3 rings (SSSR count). The largest absolute Gasteiger partial charge is 0.497 e. The van der Waals surface area contributed by atoms with E-state index in [-0.39, 0.29) is 24.7 Å². The zero-order chi connectivity index (χ0) is 16.1. The highest BCUT2D eigenvalue weighted by Gasteiger charge is 2.30. The molecule has 1 amide bonds. The molecule has 2 aromatic rings. The topological polar surface area (TPSA) is 56.8 Å². The molecule has 1 aliphatic heterocycles. The Morgan fingerprint density at radius 1 is 1.13 bits per heavy atom. The first kappa shape index (κ1) is 15.4. The van der Waals surface area contributed by atoms with Crippen LogP contribution in [0.25, 0.3) is 0 Å². The van der Waals surface area contributed by atoms with Crippen molar-refractivity contribution in [3.05, 3.63) is 60.2 Å². The van der Waals surface area contributed by atoms with Crippen molar-refractivity contribution in [1.82, 2.24) is 5.32 Å². The minimum absolute atomic E-state index is 0.0511. The van der Waals surface area contributed by atoms with Crippen LogP contribution in [0.2, 0.25) is 0 Å². The van der Waals surface area contributed by atoms with Gasteiger partial charge in [0, 0.05) is 12.6 Å². The lowest BCUT2D eigenvalue weighted by molar-refractivity contribution is -0.137. The van der Waals surface area contributed by atoms with Crippen LogP contribution in [0.1, 0.15) is 11.7 Å². The van der Waals surface area contributed by atoms with Gasteiger partial charge < -0.3 is 19.5 Å². The predicted octanol–water partition coefficient (Wildman–Crippen LogP) is 2.33. The molecule has 0 aliphatic carbocycles. The highest BCUT2D eigenvalue weighted by molar-refractivity contribution is 5.77. The Bertz CT molecular complexity index is 649. The molecule has 1 N–H and O–H groups in total. The Kier molecular flexibility index (Phi) is 4.78. The van der Waals surface area contributed by atoms with E-state index in [1.165, 1.54) is 0 Å². The SMILES string of the molecule is COc1cccc(O[C@@H](c2ccccc2)[C@H]2CNC(=O)CO2)c1. The number of rotatable bonds is 5. The first-order chi connectivity index (χ1) is 11.3. The highest BCUT2D eigenvalue weighted by atomic mass is 16.5. The average molecular weight is 313 g/mol. The van der Waals surface area contributed by atoms with Crippen molar-refractivity contribution < 1.29 is 19.0 Å². The van der Waals surface area contributed by atoms with Crippen molar-refractivity contribution in [3.63, 3.8) is 0 Å². The van der Waals surface area contributed by atoms with Crippen LogP contribution < -0.4 is 14.8 Å². The summed E-state index contributed by atoms with van der Waals surface area (Å²) in [6, 6.07) is 17.3. The number of nitrogens with one attached hydrogen (secondary N) is 1. The Morgan fingerprint density at radius 2 is 1.91 bits per heavy atom. The van der Waals surface area contributed by atoms with Crippen LogP contribution in [-0.2, 0) is 9.53 Å². The van der Waals surface area contributed by atoms with Gasteiger partial charge in [0.2, 0.25) is 5.91 Å². The molecule has 0 saturated carbocycles. The second-order valence-electron chi connectivity index (χ2n) is 5.28. The summed E-state index contributed by atoms with van der Waals surface area (Å²) in [5.41, 5.74) is 0.997. The van der Waals surface area contributed by atoms with E-state index in [1.807, 2.05) is 54.6 Å². The molecule has 1 aliphatic rings. The summed E-state index contributed by atoms with van der Waals surface area (Å²) < 4.78 is 17.1. The molecule has 120 valence electrons. The van der Waals surface area contributed by atoms with Crippen LogP contribution in [0, 0.1) is 0 Å². The molecule has 5 nitrogen and oxygen atoms in total. The molecule has 2 atom stereocenters. The zero-order valence-corrected chi connectivity index (χ0v) is 12.9. The number of methoxy groups -OCH3 is 1. The number of benzene rings is 2. The molecule has 0 bridgehead atoms. The molecule has 5 heteroatoms. The summed E-state index contributed by atoms with van der Waals surface area (Å²) in [4.78, 5) is 11.3. The average Bonchev–Trinajstić information content (AvgIpc) is 2.61. The molecular weight excluding hydrogens is 294 g/mol. The third-order valence-electron chi connectivity index (χ3n) is 3.70. The third-order valence-corrected chi connectivity index (χ3v) is 3.70. The Hall–Kier alpha value is -2.53. The van der Waals surface area contributed by atoms with Gasteiger partial charge in [-0.3, -0.25) is 4.79 Å². The lowest BCUT2D eigenvalue weighted by Crippen LogP contribution is -2.46. The molecule has 23 heavy (non-hydrogen) atoms. The standard InChI is InChI=1S/C18H19NO4/c1-21-14-8-5-9-15(10-14)23-18(13-6-3-2-4-7-13)16-11-19-17(20)12-22-16/h2-10,16,18H,11-12H2,1H3,(H,19,20)/t16-,18+/m1/s1. The van der Waals surface area contributed by atoms with Gasteiger partial charge >= 0.3 is 0 Å². The van der Waals surface area contributed by atoms with E-state index in [4.69, 9.17) is 14.2 Å². The van der Waals surface area contributed by atoms with Crippen LogP contribution in [0.3, 0.4) is 0 Å². The van der Waals surface area contributed by atoms with Crippen LogP contribution in [-0.4, -0.2) is 32.3 Å². The Labute approximate surface area is 135 Å². The van der Waals surface area contributed by atoms with Gasteiger partial charge in [-0.15, -0.1) is 0 Å². The maximum absolute atomic E-state index is 11.3. The minimum atomic E-state index is -0.316. The number of morpholine rings is 1. The van der Waals surface area contributed by atoms with Gasteiger partial charge in [-0.05, 0) is 17.7 Å². The van der Waals surface area contributed by atoms with Crippen molar-refractivity contribution in [3.8, 4) is 11.5 Å². The highest BCUT2D eigenvalue weighted by Crippen LogP contribution is 2.29. The molecular formula is C18H19NO4. The van der Waals surface area contributed by atoms with E-state index in [0.29, 0.717) is 12.3 Å². The van der Waals surface area contributed by atoms with Crippen molar-refractivity contribution in [2.24, 2.45) is 0 Å². The number of hydrogen-bond donors (Lipinski definition) is 1. The number of carbonyl (C=O) groups excluding carboxylic acids is 1. The van der Waals surface area contributed by atoms with Gasteiger partial charge in [0.05, 0.1) is 7.11 Å². The van der Waals surface area contributed by atoms with Crippen molar-refractivity contribution in [2.45, 2.75) is 12.2 Å². The van der Waals surface area contributed by atoms with Gasteiger partial charge in [-0.1, -0.05) is 36.4 Å². The summed E-state index contributed by atoms with van der Waals surface area (Å²) in [6.45, 7) is 0.470. The Balaban J connectivity index is 1.84. The monoisotopic (exact) mass is 313 g/mol. The Morgan fingerprint density at radius 3 is 2.61 bits per heavy atom. The van der Waals surface area contributed by atoms with E-state index in [1.54, 1.807) is 7.11 Å². The smallest absolute Gasteiger partial charge is 0.246 e.